The maximum atomic E-state index is 13.5. The number of carbonyl (C=O) groups is 4. The Morgan fingerprint density at radius 2 is 1.88 bits per heavy atom. The minimum Gasteiger partial charge on any atom is -0.446 e. The molecule has 1 aliphatic heterocycles. The average Bonchev–Trinajstić information content (AvgIpc) is 3.53. The Bertz CT molecular complexity index is 1270. The third-order valence-corrected chi connectivity index (χ3v) is 7.50. The number of carbonyl (C=O) groups excluding carboxylic acids is 4. The van der Waals surface area contributed by atoms with E-state index in [-0.39, 0.29) is 23.9 Å². The number of nitrogens with one attached hydrogen (secondary N) is 4. The Morgan fingerprint density at radius 1 is 1.12 bits per heavy atom. The summed E-state index contributed by atoms with van der Waals surface area (Å²) in [6.07, 6.45) is 5.28. The van der Waals surface area contributed by atoms with Crippen molar-refractivity contribution in [2.24, 2.45) is 13.0 Å². The van der Waals surface area contributed by atoms with E-state index >= 15 is 0 Å². The molecule has 0 aromatic carbocycles. The Hall–Kier alpha value is -3.74. The van der Waals surface area contributed by atoms with E-state index in [9.17, 15) is 24.3 Å². The van der Waals surface area contributed by atoms with Crippen LogP contribution in [-0.2, 0) is 29.5 Å². The highest BCUT2D eigenvalue weighted by atomic mass is 16.3. The number of hydrogen-bond acceptors (Lipinski definition) is 8. The van der Waals surface area contributed by atoms with Crippen LogP contribution < -0.4 is 21.3 Å². The van der Waals surface area contributed by atoms with E-state index < -0.39 is 47.9 Å². The monoisotopic (exact) mass is 571 g/mol. The van der Waals surface area contributed by atoms with E-state index in [4.69, 9.17) is 4.42 Å². The second-order valence-corrected chi connectivity index (χ2v) is 11.4. The molecule has 0 spiro atoms. The highest BCUT2D eigenvalue weighted by molar-refractivity contribution is 5.98. The molecule has 4 rings (SSSR count). The molecular formula is C28H41N7O6. The number of amides is 4. The van der Waals surface area contributed by atoms with Gasteiger partial charge in [0, 0.05) is 19.2 Å². The SMILES string of the molecule is CC(C)C[C@@H]1NC(=O)[C@H]([C@@H](C)O)NC(=O)[C@@H](NC(=O)c2c3c(nn2C)CCCC3)CCCCNC(=O)c2coc1n2. The quantitative estimate of drug-likeness (QED) is 0.353. The molecule has 41 heavy (non-hydrogen) atoms. The maximum Gasteiger partial charge on any atom is 0.273 e. The lowest BCUT2D eigenvalue weighted by molar-refractivity contribution is -0.133. The van der Waals surface area contributed by atoms with Crippen LogP contribution in [-0.4, -0.2) is 68.2 Å². The van der Waals surface area contributed by atoms with Crippen molar-refractivity contribution in [1.29, 1.82) is 0 Å². The summed E-state index contributed by atoms with van der Waals surface area (Å²) in [5.74, 6) is -1.77. The van der Waals surface area contributed by atoms with Crippen molar-refractivity contribution in [2.45, 2.75) is 96.4 Å². The molecule has 2 aliphatic rings. The highest BCUT2D eigenvalue weighted by Gasteiger charge is 2.34. The predicted molar refractivity (Wildman–Crippen MR) is 148 cm³/mol. The molecule has 2 aromatic heterocycles. The molecule has 1 aliphatic carbocycles. The standard InChI is InChI=1S/C28H41N7O6/c1-15(2)13-20-28-32-21(14-41-28)24(37)29-12-8-7-11-19(25(38)33-22(16(3)36)26(39)31-20)30-27(40)23-17-9-5-6-10-18(17)34-35(23)4/h14-16,19-20,22,36H,5-13H2,1-4H3,(H,29,37)(H,30,40)(H,31,39)(H,33,38)/t16-,19+,20+,22+/m1/s1. The molecule has 4 atom stereocenters. The van der Waals surface area contributed by atoms with Gasteiger partial charge in [-0.1, -0.05) is 13.8 Å². The Labute approximate surface area is 239 Å². The molecule has 0 unspecified atom stereocenters. The summed E-state index contributed by atoms with van der Waals surface area (Å²) in [5.41, 5.74) is 2.33. The summed E-state index contributed by atoms with van der Waals surface area (Å²) in [6.45, 7) is 5.66. The summed E-state index contributed by atoms with van der Waals surface area (Å²) >= 11 is 0. The molecule has 4 amide bonds. The zero-order chi connectivity index (χ0) is 29.7. The average molecular weight is 572 g/mol. The van der Waals surface area contributed by atoms with Gasteiger partial charge in [0.2, 0.25) is 17.7 Å². The van der Waals surface area contributed by atoms with Crippen molar-refractivity contribution in [2.75, 3.05) is 6.54 Å². The summed E-state index contributed by atoms with van der Waals surface area (Å²) in [4.78, 5) is 57.2. The molecule has 0 saturated carbocycles. The van der Waals surface area contributed by atoms with Crippen LogP contribution in [0.25, 0.3) is 0 Å². The molecule has 3 heterocycles. The van der Waals surface area contributed by atoms with Gasteiger partial charge in [-0.3, -0.25) is 23.9 Å². The first-order valence-corrected chi connectivity index (χ1v) is 14.4. The Morgan fingerprint density at radius 3 is 2.61 bits per heavy atom. The molecule has 0 fully saturated rings. The van der Waals surface area contributed by atoms with Crippen LogP contribution in [0, 0.1) is 5.92 Å². The van der Waals surface area contributed by atoms with Crippen molar-refractivity contribution in [3.63, 3.8) is 0 Å². The molecule has 2 bridgehead atoms. The molecular weight excluding hydrogens is 530 g/mol. The van der Waals surface area contributed by atoms with Gasteiger partial charge in [0.05, 0.1) is 11.8 Å². The van der Waals surface area contributed by atoms with Crippen LogP contribution >= 0.6 is 0 Å². The second-order valence-electron chi connectivity index (χ2n) is 11.4. The first-order valence-electron chi connectivity index (χ1n) is 14.4. The van der Waals surface area contributed by atoms with Gasteiger partial charge < -0.3 is 30.8 Å². The number of fused-ring (bicyclic) bond motifs is 3. The number of aromatic nitrogens is 3. The third kappa shape index (κ3) is 7.32. The first kappa shape index (κ1) is 30.2. The fourth-order valence-electron chi connectivity index (χ4n) is 5.39. The molecule has 5 N–H and O–H groups in total. The third-order valence-electron chi connectivity index (χ3n) is 7.50. The lowest BCUT2D eigenvalue weighted by atomic mass is 9.95. The van der Waals surface area contributed by atoms with Gasteiger partial charge in [-0.05, 0) is 64.2 Å². The van der Waals surface area contributed by atoms with Gasteiger partial charge in [-0.2, -0.15) is 5.10 Å². The summed E-state index contributed by atoms with van der Waals surface area (Å²) in [5, 5.41) is 26.1. The van der Waals surface area contributed by atoms with E-state index in [2.05, 4.69) is 31.3 Å². The van der Waals surface area contributed by atoms with Crippen molar-refractivity contribution >= 4 is 23.6 Å². The molecule has 0 radical (unpaired) electrons. The van der Waals surface area contributed by atoms with Crippen LogP contribution in [0.15, 0.2) is 10.7 Å². The minimum atomic E-state index is -1.30. The fourth-order valence-corrected chi connectivity index (χ4v) is 5.39. The molecule has 13 nitrogen and oxygen atoms in total. The van der Waals surface area contributed by atoms with E-state index in [1.807, 2.05) is 13.8 Å². The van der Waals surface area contributed by atoms with E-state index in [0.717, 1.165) is 36.9 Å². The molecule has 2 aromatic rings. The van der Waals surface area contributed by atoms with Crippen molar-refractivity contribution in [3.05, 3.63) is 34.8 Å². The second kappa shape index (κ2) is 13.3. The number of rotatable bonds is 5. The minimum absolute atomic E-state index is 0.0973. The number of aryl methyl sites for hydroxylation is 2. The van der Waals surface area contributed by atoms with Gasteiger partial charge in [0.1, 0.15) is 30.1 Å². The topological polar surface area (TPSA) is 180 Å². The molecule has 13 heteroatoms. The maximum absolute atomic E-state index is 13.5. The van der Waals surface area contributed by atoms with Gasteiger partial charge >= 0.3 is 0 Å². The first-order chi connectivity index (χ1) is 19.5. The van der Waals surface area contributed by atoms with E-state index in [1.54, 1.807) is 11.7 Å². The van der Waals surface area contributed by atoms with Crippen LogP contribution in [0.4, 0.5) is 0 Å². The number of oxazole rings is 1. The van der Waals surface area contributed by atoms with Gasteiger partial charge in [0.15, 0.2) is 5.69 Å². The molecule has 0 saturated heterocycles. The summed E-state index contributed by atoms with van der Waals surface area (Å²) in [6, 6.07) is -2.97. The molecule has 224 valence electrons. The van der Waals surface area contributed by atoms with Gasteiger partial charge in [0.25, 0.3) is 11.8 Å². The zero-order valence-electron chi connectivity index (χ0n) is 24.2. The number of aliphatic hydroxyl groups is 1. The van der Waals surface area contributed by atoms with Gasteiger partial charge in [-0.15, -0.1) is 0 Å². The Kier molecular flexibility index (Phi) is 9.79. The van der Waals surface area contributed by atoms with Crippen molar-refractivity contribution in [1.82, 2.24) is 36.0 Å². The normalized spacial score (nSPS) is 23.3. The van der Waals surface area contributed by atoms with E-state index in [1.165, 1.54) is 13.2 Å². The van der Waals surface area contributed by atoms with Crippen LogP contribution in [0.5, 0.6) is 0 Å². The lowest BCUT2D eigenvalue weighted by Crippen LogP contribution is -2.57. The van der Waals surface area contributed by atoms with E-state index in [0.29, 0.717) is 31.5 Å². The number of hydrogen-bond donors (Lipinski definition) is 5. The predicted octanol–water partition coefficient (Wildman–Crippen LogP) is 1.07. The smallest absolute Gasteiger partial charge is 0.273 e. The zero-order valence-corrected chi connectivity index (χ0v) is 24.2. The Balaban J connectivity index is 1.58. The van der Waals surface area contributed by atoms with Crippen LogP contribution in [0.2, 0.25) is 0 Å². The van der Waals surface area contributed by atoms with Crippen molar-refractivity contribution < 1.29 is 28.7 Å². The highest BCUT2D eigenvalue weighted by Crippen LogP contribution is 2.24. The lowest BCUT2D eigenvalue weighted by Gasteiger charge is -2.27. The van der Waals surface area contributed by atoms with Crippen LogP contribution in [0.1, 0.15) is 103 Å². The summed E-state index contributed by atoms with van der Waals surface area (Å²) < 4.78 is 7.10. The number of nitrogens with zero attached hydrogens (tertiary/aromatic N) is 3. The van der Waals surface area contributed by atoms with Gasteiger partial charge in [-0.25, -0.2) is 4.98 Å². The van der Waals surface area contributed by atoms with Crippen molar-refractivity contribution in [3.8, 4) is 0 Å². The fraction of sp³-hybridized carbons (Fsp3) is 0.643. The largest absolute Gasteiger partial charge is 0.446 e. The summed E-state index contributed by atoms with van der Waals surface area (Å²) in [7, 11) is 1.72. The van der Waals surface area contributed by atoms with Crippen LogP contribution in [0.3, 0.4) is 0 Å². The number of aliphatic hydroxyl groups excluding tert-OH is 1.